The summed E-state index contributed by atoms with van der Waals surface area (Å²) in [5.41, 5.74) is 2.07. The van der Waals surface area contributed by atoms with Gasteiger partial charge in [0.1, 0.15) is 0 Å². The van der Waals surface area contributed by atoms with Gasteiger partial charge in [-0.15, -0.1) is 0 Å². The highest BCUT2D eigenvalue weighted by Crippen LogP contribution is 2.60. The molecule has 3 nitrogen and oxygen atoms in total. The number of aliphatic hydroxyl groups is 1. The summed E-state index contributed by atoms with van der Waals surface area (Å²) in [5, 5.41) is 9.37. The molecule has 0 radical (unpaired) electrons. The Morgan fingerprint density at radius 1 is 1.26 bits per heavy atom. The Kier molecular flexibility index (Phi) is 3.91. The Morgan fingerprint density at radius 3 is 2.61 bits per heavy atom. The molecule has 0 aliphatic heterocycles. The molecule has 0 aromatic heterocycles. The molecule has 3 rings (SSSR count). The molecule has 1 N–H and O–H groups in total. The van der Waals surface area contributed by atoms with E-state index in [2.05, 4.69) is 20.8 Å². The molecule has 1 saturated carbocycles. The molecular weight excluding hydrogens is 288 g/mol. The zero-order valence-electron chi connectivity index (χ0n) is 14.7. The summed E-state index contributed by atoms with van der Waals surface area (Å²) in [6.07, 6.45) is 6.51. The largest absolute Gasteiger partial charge is 0.396 e. The number of allylic oxidation sites excluding steroid dienone is 3. The van der Waals surface area contributed by atoms with E-state index in [1.807, 2.05) is 0 Å². The van der Waals surface area contributed by atoms with Gasteiger partial charge in [-0.2, -0.15) is 0 Å². The Bertz CT molecular complexity index is 623. The van der Waals surface area contributed by atoms with E-state index in [4.69, 9.17) is 0 Å². The first-order chi connectivity index (χ1) is 10.7. The summed E-state index contributed by atoms with van der Waals surface area (Å²) >= 11 is 0. The smallest absolute Gasteiger partial charge is 0.185 e. The predicted molar refractivity (Wildman–Crippen MR) is 89.8 cm³/mol. The zero-order chi connectivity index (χ0) is 17.0. The molecule has 126 valence electrons. The molecule has 0 aromatic rings. The van der Waals surface area contributed by atoms with Gasteiger partial charge in [-0.05, 0) is 43.1 Å². The number of rotatable bonds is 2. The lowest BCUT2D eigenvalue weighted by molar-refractivity contribution is -0.119. The van der Waals surface area contributed by atoms with Gasteiger partial charge in [0.15, 0.2) is 11.6 Å². The minimum absolute atomic E-state index is 0.00389. The first-order valence-electron chi connectivity index (χ1n) is 8.87. The van der Waals surface area contributed by atoms with Crippen molar-refractivity contribution in [2.24, 2.45) is 22.7 Å². The molecule has 3 heteroatoms. The Hall–Kier alpha value is -1.22. The van der Waals surface area contributed by atoms with Crippen molar-refractivity contribution in [1.82, 2.24) is 0 Å². The standard InChI is InChI=1S/C20H28O3/c1-12(11-21)14-10-15(22)17-13(18(14)23)6-7-16-19(2,3)8-5-9-20(16,17)4/h10,12,16,21H,5-9,11H2,1-4H3/t12-,16+,20+/m1/s1. The fourth-order valence-electron chi connectivity index (χ4n) is 5.46. The van der Waals surface area contributed by atoms with Crippen molar-refractivity contribution in [2.45, 2.75) is 59.8 Å². The second kappa shape index (κ2) is 5.41. The summed E-state index contributed by atoms with van der Waals surface area (Å²) in [5.74, 6) is 0.210. The summed E-state index contributed by atoms with van der Waals surface area (Å²) in [7, 11) is 0. The maximum atomic E-state index is 12.9. The number of carbonyl (C=O) groups is 2. The highest BCUT2D eigenvalue weighted by Gasteiger charge is 2.53. The zero-order valence-corrected chi connectivity index (χ0v) is 14.7. The quantitative estimate of drug-likeness (QED) is 0.792. The van der Waals surface area contributed by atoms with E-state index in [-0.39, 0.29) is 34.9 Å². The molecule has 1 fully saturated rings. The lowest BCUT2D eigenvalue weighted by Gasteiger charge is -2.55. The fourth-order valence-corrected chi connectivity index (χ4v) is 5.46. The van der Waals surface area contributed by atoms with E-state index in [1.165, 1.54) is 12.5 Å². The maximum Gasteiger partial charge on any atom is 0.185 e. The molecule has 0 heterocycles. The Morgan fingerprint density at radius 2 is 1.96 bits per heavy atom. The molecular formula is C20H28O3. The number of ketones is 2. The number of fused-ring (bicyclic) bond motifs is 2. The first kappa shape index (κ1) is 16.6. The minimum atomic E-state index is -0.270. The predicted octanol–water partition coefficient (Wildman–Crippen LogP) is 3.62. The van der Waals surface area contributed by atoms with E-state index < -0.39 is 0 Å². The summed E-state index contributed by atoms with van der Waals surface area (Å²) in [6, 6.07) is 0. The molecule has 0 unspecified atom stereocenters. The average molecular weight is 316 g/mol. The van der Waals surface area contributed by atoms with Gasteiger partial charge >= 0.3 is 0 Å². The number of hydrogen-bond acceptors (Lipinski definition) is 3. The van der Waals surface area contributed by atoms with Crippen molar-refractivity contribution in [3.05, 3.63) is 22.8 Å². The number of hydrogen-bond donors (Lipinski definition) is 1. The Balaban J connectivity index is 2.07. The van der Waals surface area contributed by atoms with Crippen molar-refractivity contribution in [3.63, 3.8) is 0 Å². The van der Waals surface area contributed by atoms with Crippen LogP contribution in [0.5, 0.6) is 0 Å². The van der Waals surface area contributed by atoms with Crippen LogP contribution in [-0.2, 0) is 9.59 Å². The van der Waals surface area contributed by atoms with Crippen molar-refractivity contribution >= 4 is 11.6 Å². The van der Waals surface area contributed by atoms with Crippen LogP contribution in [0.25, 0.3) is 0 Å². The van der Waals surface area contributed by atoms with E-state index in [1.54, 1.807) is 6.92 Å². The first-order valence-corrected chi connectivity index (χ1v) is 8.87. The normalized spacial score (nSPS) is 34.7. The van der Waals surface area contributed by atoms with Crippen molar-refractivity contribution in [3.8, 4) is 0 Å². The third-order valence-electron chi connectivity index (χ3n) is 6.66. The molecule has 3 aliphatic rings. The van der Waals surface area contributed by atoms with Gasteiger partial charge < -0.3 is 5.11 Å². The van der Waals surface area contributed by atoms with Crippen LogP contribution in [0.2, 0.25) is 0 Å². The molecule has 0 spiro atoms. The summed E-state index contributed by atoms with van der Waals surface area (Å²) in [4.78, 5) is 25.8. The maximum absolute atomic E-state index is 12.9. The van der Waals surface area contributed by atoms with E-state index in [0.29, 0.717) is 17.9 Å². The number of carbonyl (C=O) groups excluding carboxylic acids is 2. The van der Waals surface area contributed by atoms with Crippen LogP contribution in [0.4, 0.5) is 0 Å². The third-order valence-corrected chi connectivity index (χ3v) is 6.66. The van der Waals surface area contributed by atoms with Crippen LogP contribution in [0.3, 0.4) is 0 Å². The van der Waals surface area contributed by atoms with Gasteiger partial charge in [0.25, 0.3) is 0 Å². The fraction of sp³-hybridized carbons (Fsp3) is 0.700. The van der Waals surface area contributed by atoms with E-state index in [9.17, 15) is 14.7 Å². The van der Waals surface area contributed by atoms with Crippen LogP contribution in [0.15, 0.2) is 22.8 Å². The summed E-state index contributed by atoms with van der Waals surface area (Å²) < 4.78 is 0. The van der Waals surface area contributed by atoms with Gasteiger partial charge in [0, 0.05) is 34.7 Å². The van der Waals surface area contributed by atoms with Gasteiger partial charge in [0.05, 0.1) is 0 Å². The van der Waals surface area contributed by atoms with Crippen LogP contribution in [-0.4, -0.2) is 23.3 Å². The number of Topliss-reactive ketones (excluding diaryl/α,β-unsaturated/α-hetero) is 1. The van der Waals surface area contributed by atoms with E-state index in [0.717, 1.165) is 30.4 Å². The molecule has 0 saturated heterocycles. The lowest BCUT2D eigenvalue weighted by Crippen LogP contribution is -2.48. The van der Waals surface area contributed by atoms with Gasteiger partial charge in [-0.3, -0.25) is 9.59 Å². The highest BCUT2D eigenvalue weighted by atomic mass is 16.3. The van der Waals surface area contributed by atoms with Crippen molar-refractivity contribution < 1.29 is 14.7 Å². The molecule has 3 atom stereocenters. The Labute approximate surface area is 138 Å². The monoisotopic (exact) mass is 316 g/mol. The SMILES string of the molecule is C[C@H](CO)C1=CC(=O)C2=C(CC[C@H]3C(C)(C)CCC[C@]23C)C1=O. The van der Waals surface area contributed by atoms with Gasteiger partial charge in [-0.25, -0.2) is 0 Å². The summed E-state index contributed by atoms with van der Waals surface area (Å²) in [6.45, 7) is 8.53. The average Bonchev–Trinajstić information content (AvgIpc) is 2.48. The second-order valence-corrected chi connectivity index (χ2v) is 8.58. The van der Waals surface area contributed by atoms with Crippen LogP contribution >= 0.6 is 0 Å². The van der Waals surface area contributed by atoms with E-state index >= 15 is 0 Å². The van der Waals surface area contributed by atoms with Crippen molar-refractivity contribution in [2.75, 3.05) is 6.61 Å². The van der Waals surface area contributed by atoms with Crippen LogP contribution in [0, 0.1) is 22.7 Å². The van der Waals surface area contributed by atoms with Crippen LogP contribution in [0.1, 0.15) is 59.8 Å². The second-order valence-electron chi connectivity index (χ2n) is 8.58. The molecule has 3 aliphatic carbocycles. The van der Waals surface area contributed by atoms with Gasteiger partial charge in [-0.1, -0.05) is 34.1 Å². The number of aliphatic hydroxyl groups excluding tert-OH is 1. The van der Waals surface area contributed by atoms with Crippen molar-refractivity contribution in [1.29, 1.82) is 0 Å². The third kappa shape index (κ3) is 2.36. The molecule has 0 bridgehead atoms. The topological polar surface area (TPSA) is 54.4 Å². The van der Waals surface area contributed by atoms with Gasteiger partial charge in [0.2, 0.25) is 0 Å². The lowest BCUT2D eigenvalue weighted by atomic mass is 9.49. The van der Waals surface area contributed by atoms with Crippen LogP contribution < -0.4 is 0 Å². The molecule has 0 aromatic carbocycles. The molecule has 0 amide bonds. The minimum Gasteiger partial charge on any atom is -0.396 e. The molecule has 23 heavy (non-hydrogen) atoms. The highest BCUT2D eigenvalue weighted by molar-refractivity contribution is 6.23.